The zero-order chi connectivity index (χ0) is 14.3. The second-order valence-corrected chi connectivity index (χ2v) is 5.57. The molecule has 1 atom stereocenters. The van der Waals surface area contributed by atoms with E-state index in [4.69, 9.17) is 16.3 Å². The number of hydrogen-bond acceptors (Lipinski definition) is 2. The summed E-state index contributed by atoms with van der Waals surface area (Å²) in [5.41, 5.74) is 0.922. The molecule has 4 heteroatoms. The SMILES string of the molecule is CC(C)COCCCNC(C)c1ccc(F)cc1Cl. The zero-order valence-corrected chi connectivity index (χ0v) is 12.6. The molecular formula is C15H23ClFNO. The van der Waals surface area contributed by atoms with Gasteiger partial charge in [0, 0.05) is 24.3 Å². The Bertz CT molecular complexity index is 384. The molecule has 1 N–H and O–H groups in total. The van der Waals surface area contributed by atoms with Crippen molar-refractivity contribution in [3.05, 3.63) is 34.6 Å². The highest BCUT2D eigenvalue weighted by atomic mass is 35.5. The molecule has 19 heavy (non-hydrogen) atoms. The van der Waals surface area contributed by atoms with Crippen molar-refractivity contribution in [3.63, 3.8) is 0 Å². The second-order valence-electron chi connectivity index (χ2n) is 5.16. The third-order valence-corrected chi connectivity index (χ3v) is 3.12. The Labute approximate surface area is 120 Å². The van der Waals surface area contributed by atoms with Gasteiger partial charge in [-0.15, -0.1) is 0 Å². The van der Waals surface area contributed by atoms with E-state index in [9.17, 15) is 4.39 Å². The van der Waals surface area contributed by atoms with Crippen molar-refractivity contribution < 1.29 is 9.13 Å². The van der Waals surface area contributed by atoms with Crippen molar-refractivity contribution in [2.24, 2.45) is 5.92 Å². The Hall–Kier alpha value is -0.640. The van der Waals surface area contributed by atoms with Gasteiger partial charge < -0.3 is 10.1 Å². The van der Waals surface area contributed by atoms with E-state index in [-0.39, 0.29) is 11.9 Å². The molecule has 0 aromatic heterocycles. The first kappa shape index (κ1) is 16.4. The van der Waals surface area contributed by atoms with Gasteiger partial charge in [0.2, 0.25) is 0 Å². The average Bonchev–Trinajstić information content (AvgIpc) is 2.32. The lowest BCUT2D eigenvalue weighted by Crippen LogP contribution is -2.21. The first-order valence-electron chi connectivity index (χ1n) is 6.76. The topological polar surface area (TPSA) is 21.3 Å². The normalized spacial score (nSPS) is 12.9. The maximum absolute atomic E-state index is 12.9. The van der Waals surface area contributed by atoms with E-state index in [0.717, 1.165) is 31.7 Å². The van der Waals surface area contributed by atoms with Gasteiger partial charge in [0.25, 0.3) is 0 Å². The Morgan fingerprint density at radius 2 is 2.05 bits per heavy atom. The van der Waals surface area contributed by atoms with Crippen LogP contribution in [0.3, 0.4) is 0 Å². The van der Waals surface area contributed by atoms with Gasteiger partial charge in [-0.2, -0.15) is 0 Å². The molecule has 0 radical (unpaired) electrons. The first-order valence-corrected chi connectivity index (χ1v) is 7.14. The molecule has 1 aromatic rings. The van der Waals surface area contributed by atoms with Crippen LogP contribution in [-0.2, 0) is 4.74 Å². The molecule has 0 heterocycles. The Morgan fingerprint density at radius 3 is 2.68 bits per heavy atom. The molecule has 0 fully saturated rings. The van der Waals surface area contributed by atoms with Crippen molar-refractivity contribution in [2.45, 2.75) is 33.2 Å². The lowest BCUT2D eigenvalue weighted by atomic mass is 10.1. The summed E-state index contributed by atoms with van der Waals surface area (Å²) >= 11 is 6.02. The minimum Gasteiger partial charge on any atom is -0.381 e. The van der Waals surface area contributed by atoms with Crippen LogP contribution in [0.15, 0.2) is 18.2 Å². The van der Waals surface area contributed by atoms with Crippen molar-refractivity contribution >= 4 is 11.6 Å². The number of halogens is 2. The number of rotatable bonds is 8. The molecule has 1 aromatic carbocycles. The maximum atomic E-state index is 12.9. The lowest BCUT2D eigenvalue weighted by molar-refractivity contribution is 0.107. The molecule has 0 spiro atoms. The summed E-state index contributed by atoms with van der Waals surface area (Å²) in [6.07, 6.45) is 0.954. The minimum absolute atomic E-state index is 0.109. The number of ether oxygens (including phenoxy) is 1. The third kappa shape index (κ3) is 6.37. The standard InChI is InChI=1S/C15H23ClFNO/c1-11(2)10-19-8-4-7-18-12(3)14-6-5-13(17)9-15(14)16/h5-6,9,11-12,18H,4,7-8,10H2,1-3H3. The van der Waals surface area contributed by atoms with Gasteiger partial charge in [-0.3, -0.25) is 0 Å². The van der Waals surface area contributed by atoms with Gasteiger partial charge in [0.15, 0.2) is 0 Å². The van der Waals surface area contributed by atoms with Crippen LogP contribution in [0.1, 0.15) is 38.8 Å². The second kappa shape index (κ2) is 8.51. The molecule has 1 unspecified atom stereocenters. The van der Waals surface area contributed by atoms with E-state index in [1.54, 1.807) is 6.07 Å². The fourth-order valence-electron chi connectivity index (χ4n) is 1.77. The van der Waals surface area contributed by atoms with Gasteiger partial charge in [-0.1, -0.05) is 31.5 Å². The third-order valence-electron chi connectivity index (χ3n) is 2.80. The molecule has 0 saturated heterocycles. The Balaban J connectivity index is 2.25. The molecule has 0 aliphatic rings. The minimum atomic E-state index is -0.303. The fraction of sp³-hybridized carbons (Fsp3) is 0.600. The highest BCUT2D eigenvalue weighted by Crippen LogP contribution is 2.23. The van der Waals surface area contributed by atoms with Gasteiger partial charge in [0.1, 0.15) is 5.82 Å². The smallest absolute Gasteiger partial charge is 0.124 e. The summed E-state index contributed by atoms with van der Waals surface area (Å²) in [5.74, 6) is 0.271. The summed E-state index contributed by atoms with van der Waals surface area (Å²) in [6, 6.07) is 4.62. The van der Waals surface area contributed by atoms with E-state index in [1.165, 1.54) is 12.1 Å². The van der Waals surface area contributed by atoms with Gasteiger partial charge in [-0.25, -0.2) is 4.39 Å². The summed E-state index contributed by atoms with van der Waals surface area (Å²) in [4.78, 5) is 0. The molecule has 0 aliphatic heterocycles. The predicted octanol–water partition coefficient (Wildman–Crippen LogP) is 4.19. The van der Waals surface area contributed by atoms with Crippen LogP contribution >= 0.6 is 11.6 Å². The summed E-state index contributed by atoms with van der Waals surface area (Å²) in [7, 11) is 0. The van der Waals surface area contributed by atoms with Crippen molar-refractivity contribution in [3.8, 4) is 0 Å². The number of benzene rings is 1. The summed E-state index contributed by atoms with van der Waals surface area (Å²) in [5, 5.41) is 3.83. The van der Waals surface area contributed by atoms with E-state index in [2.05, 4.69) is 19.2 Å². The molecule has 0 bridgehead atoms. The van der Waals surface area contributed by atoms with Crippen LogP contribution in [0, 0.1) is 11.7 Å². The van der Waals surface area contributed by atoms with E-state index in [0.29, 0.717) is 10.9 Å². The van der Waals surface area contributed by atoms with E-state index >= 15 is 0 Å². The monoisotopic (exact) mass is 287 g/mol. The van der Waals surface area contributed by atoms with Crippen LogP contribution in [0.5, 0.6) is 0 Å². The van der Waals surface area contributed by atoms with E-state index in [1.807, 2.05) is 6.92 Å². The fourth-order valence-corrected chi connectivity index (χ4v) is 2.11. The molecule has 1 rings (SSSR count). The number of nitrogens with one attached hydrogen (secondary N) is 1. The zero-order valence-electron chi connectivity index (χ0n) is 11.9. The van der Waals surface area contributed by atoms with Crippen LogP contribution in [0.25, 0.3) is 0 Å². The quantitative estimate of drug-likeness (QED) is 0.724. The molecule has 2 nitrogen and oxygen atoms in total. The van der Waals surface area contributed by atoms with E-state index < -0.39 is 0 Å². The molecular weight excluding hydrogens is 265 g/mol. The highest BCUT2D eigenvalue weighted by Gasteiger charge is 2.09. The van der Waals surface area contributed by atoms with Crippen LogP contribution < -0.4 is 5.32 Å². The predicted molar refractivity (Wildman–Crippen MR) is 78.1 cm³/mol. The summed E-state index contributed by atoms with van der Waals surface area (Å²) < 4.78 is 18.5. The van der Waals surface area contributed by atoms with Crippen LogP contribution in [-0.4, -0.2) is 19.8 Å². The molecule has 0 saturated carbocycles. The summed E-state index contributed by atoms with van der Waals surface area (Å²) in [6.45, 7) is 8.71. The lowest BCUT2D eigenvalue weighted by Gasteiger charge is -2.16. The van der Waals surface area contributed by atoms with Gasteiger partial charge in [0.05, 0.1) is 0 Å². The first-order chi connectivity index (χ1) is 9.00. The van der Waals surface area contributed by atoms with Crippen LogP contribution in [0.2, 0.25) is 5.02 Å². The van der Waals surface area contributed by atoms with Crippen LogP contribution in [0.4, 0.5) is 4.39 Å². The maximum Gasteiger partial charge on any atom is 0.124 e. The average molecular weight is 288 g/mol. The molecule has 0 amide bonds. The Morgan fingerprint density at radius 1 is 1.32 bits per heavy atom. The van der Waals surface area contributed by atoms with Gasteiger partial charge in [-0.05, 0) is 43.5 Å². The molecule has 0 aliphatic carbocycles. The van der Waals surface area contributed by atoms with Gasteiger partial charge >= 0.3 is 0 Å². The highest BCUT2D eigenvalue weighted by molar-refractivity contribution is 6.31. The molecule has 108 valence electrons. The Kier molecular flexibility index (Phi) is 7.36. The van der Waals surface area contributed by atoms with Crippen molar-refractivity contribution in [1.82, 2.24) is 5.32 Å². The largest absolute Gasteiger partial charge is 0.381 e. The van der Waals surface area contributed by atoms with Crippen molar-refractivity contribution in [1.29, 1.82) is 0 Å². The van der Waals surface area contributed by atoms with Crippen molar-refractivity contribution in [2.75, 3.05) is 19.8 Å². The number of hydrogen-bond donors (Lipinski definition) is 1.